The van der Waals surface area contributed by atoms with Crippen LogP contribution in [0.25, 0.3) is 0 Å². The molecule has 0 aromatic heterocycles. The summed E-state index contributed by atoms with van der Waals surface area (Å²) in [5.74, 6) is 2.57. The van der Waals surface area contributed by atoms with Gasteiger partial charge in [-0.3, -0.25) is 4.79 Å². The van der Waals surface area contributed by atoms with Crippen LogP contribution in [-0.2, 0) is 28.5 Å². The van der Waals surface area contributed by atoms with Crippen molar-refractivity contribution in [3.8, 4) is 0 Å². The highest BCUT2D eigenvalue weighted by atomic mass is 16.7. The van der Waals surface area contributed by atoms with Crippen molar-refractivity contribution in [2.75, 3.05) is 59.3 Å². The van der Waals surface area contributed by atoms with Gasteiger partial charge in [0.15, 0.2) is 6.29 Å². The van der Waals surface area contributed by atoms with Crippen molar-refractivity contribution in [3.05, 3.63) is 24.3 Å². The van der Waals surface area contributed by atoms with Crippen LogP contribution in [0.5, 0.6) is 0 Å². The van der Waals surface area contributed by atoms with Gasteiger partial charge >= 0.3 is 12.1 Å². The molecule has 55 heavy (non-hydrogen) atoms. The number of aliphatic hydroxyl groups excluding tert-OH is 1. The predicted molar refractivity (Wildman–Crippen MR) is 221 cm³/mol. The van der Waals surface area contributed by atoms with E-state index in [0.717, 1.165) is 134 Å². The average molecular weight is 776 g/mol. The first-order valence-electron chi connectivity index (χ1n) is 22.8. The standard InChI is InChI=1S/C46H81NO8/c1-3-5-7-9-12-19-30-52-44(53-31-20-13-10-8-6-4-2)23-22-43(49)51-29-18-14-11-16-25-47(27-28-48)26-17-15-21-32-54-45(50)55-33-24-46-37-40-34-41(38-46)36-42(35-40)39-46/h5-8,40-42,44,48H,3-4,9-39H2,1-2H3/b7-5-,8-6-. The van der Waals surface area contributed by atoms with E-state index in [1.807, 2.05) is 0 Å². The second-order valence-corrected chi connectivity index (χ2v) is 16.8. The number of nitrogens with zero attached hydrogens (tertiary/aromatic N) is 1. The van der Waals surface area contributed by atoms with Crippen LogP contribution in [0.2, 0.25) is 0 Å². The van der Waals surface area contributed by atoms with Gasteiger partial charge in [-0.15, -0.1) is 0 Å². The minimum Gasteiger partial charge on any atom is -0.466 e. The molecule has 0 atom stereocenters. The zero-order valence-electron chi connectivity index (χ0n) is 35.2. The lowest BCUT2D eigenvalue weighted by molar-refractivity contribution is -0.159. The van der Waals surface area contributed by atoms with Crippen molar-refractivity contribution in [1.29, 1.82) is 0 Å². The van der Waals surface area contributed by atoms with E-state index < -0.39 is 6.16 Å². The number of carbonyl (C=O) groups excluding carboxylic acids is 2. The minimum atomic E-state index is -0.515. The number of allylic oxidation sites excluding steroid dienone is 4. The minimum absolute atomic E-state index is 0.151. The molecule has 0 aromatic carbocycles. The van der Waals surface area contributed by atoms with Crippen molar-refractivity contribution in [1.82, 2.24) is 4.90 Å². The molecule has 0 aromatic rings. The Bertz CT molecular complexity index is 988. The van der Waals surface area contributed by atoms with Gasteiger partial charge in [0, 0.05) is 26.2 Å². The molecule has 0 unspecified atom stereocenters. The van der Waals surface area contributed by atoms with Gasteiger partial charge in [-0.1, -0.05) is 51.0 Å². The lowest BCUT2D eigenvalue weighted by Gasteiger charge is -2.57. The van der Waals surface area contributed by atoms with Crippen LogP contribution in [0.1, 0.15) is 168 Å². The number of unbranched alkanes of at least 4 members (excludes halogenated alkanes) is 9. The van der Waals surface area contributed by atoms with Crippen molar-refractivity contribution < 1.29 is 38.4 Å². The third-order valence-electron chi connectivity index (χ3n) is 11.9. The molecule has 0 heterocycles. The van der Waals surface area contributed by atoms with Gasteiger partial charge in [-0.2, -0.15) is 0 Å². The van der Waals surface area contributed by atoms with Crippen molar-refractivity contribution >= 4 is 12.1 Å². The highest BCUT2D eigenvalue weighted by molar-refractivity contribution is 5.69. The first kappa shape index (κ1) is 47.4. The monoisotopic (exact) mass is 776 g/mol. The maximum absolute atomic E-state index is 12.5. The first-order valence-corrected chi connectivity index (χ1v) is 22.8. The van der Waals surface area contributed by atoms with E-state index in [1.54, 1.807) is 0 Å². The summed E-state index contributed by atoms with van der Waals surface area (Å²) in [6.07, 6.45) is 33.3. The number of hydrogen-bond donors (Lipinski definition) is 1. The summed E-state index contributed by atoms with van der Waals surface area (Å²) in [7, 11) is 0. The molecule has 0 saturated heterocycles. The molecule has 9 nitrogen and oxygen atoms in total. The van der Waals surface area contributed by atoms with E-state index in [4.69, 9.17) is 23.7 Å². The summed E-state index contributed by atoms with van der Waals surface area (Å²) in [5, 5.41) is 9.56. The maximum Gasteiger partial charge on any atom is 0.508 e. The summed E-state index contributed by atoms with van der Waals surface area (Å²) >= 11 is 0. The third kappa shape index (κ3) is 22.0. The summed E-state index contributed by atoms with van der Waals surface area (Å²) in [6.45, 7) is 9.61. The van der Waals surface area contributed by atoms with Crippen LogP contribution >= 0.6 is 0 Å². The van der Waals surface area contributed by atoms with E-state index in [2.05, 4.69) is 43.1 Å². The fraction of sp³-hybridized carbons (Fsp3) is 0.870. The largest absolute Gasteiger partial charge is 0.508 e. The van der Waals surface area contributed by atoms with Crippen molar-refractivity contribution in [3.63, 3.8) is 0 Å². The highest BCUT2D eigenvalue weighted by Gasteiger charge is 2.50. The van der Waals surface area contributed by atoms with Crippen LogP contribution in [0, 0.1) is 23.2 Å². The van der Waals surface area contributed by atoms with Gasteiger partial charge in [-0.25, -0.2) is 4.79 Å². The van der Waals surface area contributed by atoms with Crippen LogP contribution < -0.4 is 0 Å². The van der Waals surface area contributed by atoms with E-state index in [0.29, 0.717) is 57.8 Å². The fourth-order valence-corrected chi connectivity index (χ4v) is 9.46. The Morgan fingerprint density at radius 2 is 1.15 bits per heavy atom. The van der Waals surface area contributed by atoms with E-state index >= 15 is 0 Å². The first-order chi connectivity index (χ1) is 26.9. The normalized spacial score (nSPS) is 21.8. The molecule has 9 heteroatoms. The maximum atomic E-state index is 12.5. The molecule has 0 spiro atoms. The summed E-state index contributed by atoms with van der Waals surface area (Å²) < 4.78 is 28.5. The second kappa shape index (κ2) is 30.2. The lowest BCUT2D eigenvalue weighted by atomic mass is 9.49. The van der Waals surface area contributed by atoms with Crippen LogP contribution in [0.15, 0.2) is 24.3 Å². The van der Waals surface area contributed by atoms with Gasteiger partial charge in [0.25, 0.3) is 0 Å². The van der Waals surface area contributed by atoms with Crippen molar-refractivity contribution in [2.45, 2.75) is 174 Å². The van der Waals surface area contributed by atoms with Crippen LogP contribution in [-0.4, -0.2) is 87.7 Å². The van der Waals surface area contributed by atoms with Gasteiger partial charge < -0.3 is 33.7 Å². The molecule has 4 aliphatic carbocycles. The quantitative estimate of drug-likeness (QED) is 0.0292. The third-order valence-corrected chi connectivity index (χ3v) is 11.9. The molecule has 0 radical (unpaired) electrons. The number of aliphatic hydroxyl groups is 1. The molecule has 4 saturated carbocycles. The smallest absolute Gasteiger partial charge is 0.466 e. The summed E-state index contributed by atoms with van der Waals surface area (Å²) in [6, 6.07) is 0. The second-order valence-electron chi connectivity index (χ2n) is 16.8. The number of carbonyl (C=O) groups is 2. The Balaban J connectivity index is 1.15. The van der Waals surface area contributed by atoms with Gasteiger partial charge in [0.1, 0.15) is 0 Å². The Hall–Kier alpha value is -1.94. The summed E-state index contributed by atoms with van der Waals surface area (Å²) in [4.78, 5) is 27.0. The molecular formula is C46H81NO8. The van der Waals surface area contributed by atoms with Gasteiger partial charge in [0.2, 0.25) is 0 Å². The molecule has 4 fully saturated rings. The van der Waals surface area contributed by atoms with E-state index in [9.17, 15) is 14.7 Å². The topological polar surface area (TPSA) is 104 Å². The number of esters is 1. The Labute approximate surface area is 335 Å². The van der Waals surface area contributed by atoms with Gasteiger partial charge in [-0.05, 0) is 165 Å². The summed E-state index contributed by atoms with van der Waals surface area (Å²) in [5.41, 5.74) is 0.428. The predicted octanol–water partition coefficient (Wildman–Crippen LogP) is 10.7. The molecule has 0 amide bonds. The molecule has 4 bridgehead atoms. The Kier molecular flexibility index (Phi) is 26.0. The zero-order chi connectivity index (χ0) is 39.2. The highest BCUT2D eigenvalue weighted by Crippen LogP contribution is 2.61. The molecular weight excluding hydrogens is 695 g/mol. The Morgan fingerprint density at radius 1 is 0.636 bits per heavy atom. The molecule has 4 rings (SSSR count). The molecule has 318 valence electrons. The SMILES string of the molecule is CC/C=C\CCCCOC(CCC(=O)OCCCCCCN(CCO)CCCCCOC(=O)OCCC12CC3CC(CC(C3)C1)C2)OCCCC/C=C\CC. The number of hydrogen-bond acceptors (Lipinski definition) is 9. The van der Waals surface area contributed by atoms with E-state index in [-0.39, 0.29) is 18.9 Å². The number of rotatable bonds is 35. The van der Waals surface area contributed by atoms with Crippen molar-refractivity contribution in [2.24, 2.45) is 23.2 Å². The van der Waals surface area contributed by atoms with E-state index in [1.165, 1.54) is 38.5 Å². The fourth-order valence-electron chi connectivity index (χ4n) is 9.46. The lowest BCUT2D eigenvalue weighted by Crippen LogP contribution is -2.46. The average Bonchev–Trinajstić information content (AvgIpc) is 3.16. The molecule has 1 N–H and O–H groups in total. The molecule has 4 aliphatic rings. The molecule has 0 aliphatic heterocycles. The van der Waals surface area contributed by atoms with Crippen LogP contribution in [0.3, 0.4) is 0 Å². The zero-order valence-corrected chi connectivity index (χ0v) is 35.2. The van der Waals surface area contributed by atoms with Gasteiger partial charge in [0.05, 0.1) is 32.8 Å². The Morgan fingerprint density at radius 3 is 1.71 bits per heavy atom. The number of ether oxygens (including phenoxy) is 5. The van der Waals surface area contributed by atoms with Crippen LogP contribution in [0.4, 0.5) is 4.79 Å².